The first-order chi connectivity index (χ1) is 14.2. The second kappa shape index (κ2) is 8.23. The first kappa shape index (κ1) is 19.3. The third-order valence-electron chi connectivity index (χ3n) is 7.13. The number of hydrogen-bond acceptors (Lipinski definition) is 5. The summed E-state index contributed by atoms with van der Waals surface area (Å²) in [6, 6.07) is 3.22. The molecule has 3 aliphatic rings. The number of nitrogens with zero attached hydrogens (tertiary/aromatic N) is 3. The zero-order valence-corrected chi connectivity index (χ0v) is 18.3. The van der Waals surface area contributed by atoms with Crippen LogP contribution in [0.5, 0.6) is 0 Å². The molecule has 2 aromatic rings. The highest BCUT2D eigenvalue weighted by Gasteiger charge is 2.28. The van der Waals surface area contributed by atoms with E-state index in [1.54, 1.807) is 10.4 Å². The molecule has 29 heavy (non-hydrogen) atoms. The molecule has 156 valence electrons. The smallest absolute Gasteiger partial charge is 0.236 e. The number of rotatable bonds is 5. The quantitative estimate of drug-likeness (QED) is 0.804. The third kappa shape index (κ3) is 3.89. The van der Waals surface area contributed by atoms with Crippen LogP contribution in [-0.2, 0) is 17.6 Å². The molecule has 3 heterocycles. The summed E-state index contributed by atoms with van der Waals surface area (Å²) in [6.45, 7) is 2.49. The maximum Gasteiger partial charge on any atom is 0.236 e. The number of carbonyl (C=O) groups is 1. The molecule has 2 aliphatic carbocycles. The summed E-state index contributed by atoms with van der Waals surface area (Å²) in [5.41, 5.74) is 2.84. The van der Waals surface area contributed by atoms with Crippen molar-refractivity contribution in [2.75, 3.05) is 32.0 Å². The van der Waals surface area contributed by atoms with Crippen LogP contribution in [0.25, 0.3) is 10.2 Å². The lowest BCUT2D eigenvalue weighted by Crippen LogP contribution is -2.44. The van der Waals surface area contributed by atoms with Crippen molar-refractivity contribution in [1.29, 1.82) is 0 Å². The van der Waals surface area contributed by atoms with E-state index in [0.717, 1.165) is 25.9 Å². The van der Waals surface area contributed by atoms with Gasteiger partial charge in [-0.25, -0.2) is 4.98 Å². The van der Waals surface area contributed by atoms with Gasteiger partial charge < -0.3 is 10.2 Å². The lowest BCUT2D eigenvalue weighted by Gasteiger charge is -2.35. The second-order valence-corrected chi connectivity index (χ2v) is 10.1. The second-order valence-electron chi connectivity index (χ2n) is 9.05. The first-order valence-electron chi connectivity index (χ1n) is 11.3. The minimum Gasteiger partial charge on any atom is -0.382 e. The number of pyridine rings is 1. The Bertz CT molecular complexity index is 880. The Balaban J connectivity index is 1.18. The van der Waals surface area contributed by atoms with Gasteiger partial charge in [0.25, 0.3) is 0 Å². The fraction of sp³-hybridized carbons (Fsp3) is 0.652. The molecule has 1 saturated heterocycles. The molecule has 0 unspecified atom stereocenters. The van der Waals surface area contributed by atoms with Gasteiger partial charge in [-0.3, -0.25) is 9.69 Å². The van der Waals surface area contributed by atoms with Crippen molar-refractivity contribution in [2.45, 2.75) is 69.9 Å². The van der Waals surface area contributed by atoms with E-state index in [1.165, 1.54) is 60.8 Å². The average Bonchev–Trinajstić information content (AvgIpc) is 3.46. The van der Waals surface area contributed by atoms with Crippen LogP contribution in [0, 0.1) is 0 Å². The van der Waals surface area contributed by atoms with E-state index in [1.807, 2.05) is 22.4 Å². The molecular weight excluding hydrogens is 380 g/mol. The normalized spacial score (nSPS) is 24.4. The highest BCUT2D eigenvalue weighted by atomic mass is 32.1. The molecule has 1 amide bonds. The molecule has 1 N–H and O–H groups in total. The summed E-state index contributed by atoms with van der Waals surface area (Å²) >= 11 is 1.89. The zero-order chi connectivity index (χ0) is 19.8. The van der Waals surface area contributed by atoms with Crippen LogP contribution in [0.3, 0.4) is 0 Å². The molecule has 0 radical (unpaired) electrons. The molecule has 6 heteroatoms. The lowest BCUT2D eigenvalue weighted by atomic mass is 9.90. The predicted molar refractivity (Wildman–Crippen MR) is 120 cm³/mol. The summed E-state index contributed by atoms with van der Waals surface area (Å²) in [4.78, 5) is 24.2. The summed E-state index contributed by atoms with van der Waals surface area (Å²) in [6.07, 6.45) is 12.7. The van der Waals surface area contributed by atoms with Crippen LogP contribution in [0.15, 0.2) is 12.3 Å². The number of fused-ring (bicyclic) bond motifs is 3. The standard InChI is InChI=1S/C23H32N4OS/c1-26(15-21(28)27-13-2-3-14-27)17-9-7-16(8-10-17)25-19-11-12-24-23-22(19)18-5-4-6-20(18)29-23/h11-12,16-17H,2-10,13-15H2,1H3,(H,24,25)/t16-,17-. The van der Waals surface area contributed by atoms with Crippen molar-refractivity contribution in [2.24, 2.45) is 0 Å². The van der Waals surface area contributed by atoms with Crippen LogP contribution >= 0.6 is 11.3 Å². The molecule has 0 spiro atoms. The van der Waals surface area contributed by atoms with Crippen LogP contribution in [-0.4, -0.2) is 59.5 Å². The van der Waals surface area contributed by atoms with Gasteiger partial charge in [0.05, 0.1) is 6.54 Å². The topological polar surface area (TPSA) is 48.5 Å². The van der Waals surface area contributed by atoms with E-state index < -0.39 is 0 Å². The highest BCUT2D eigenvalue weighted by molar-refractivity contribution is 7.19. The number of carbonyl (C=O) groups excluding carboxylic acids is 1. The molecule has 1 saturated carbocycles. The van der Waals surface area contributed by atoms with Gasteiger partial charge in [-0.15, -0.1) is 11.3 Å². The number of amides is 1. The van der Waals surface area contributed by atoms with Crippen molar-refractivity contribution in [3.63, 3.8) is 0 Å². The number of hydrogen-bond donors (Lipinski definition) is 1. The third-order valence-corrected chi connectivity index (χ3v) is 8.33. The summed E-state index contributed by atoms with van der Waals surface area (Å²) in [5, 5.41) is 5.25. The predicted octanol–water partition coefficient (Wildman–Crippen LogP) is 4.06. The van der Waals surface area contributed by atoms with Crippen molar-refractivity contribution >= 4 is 33.1 Å². The SMILES string of the molecule is CN(CC(=O)N1CCCC1)[C@H]1CC[C@H](Nc2ccnc3sc4c(c23)CCC4)CC1. The van der Waals surface area contributed by atoms with Gasteiger partial charge in [0, 0.05) is 47.3 Å². The largest absolute Gasteiger partial charge is 0.382 e. The molecular formula is C23H32N4OS. The minimum absolute atomic E-state index is 0.315. The molecule has 0 atom stereocenters. The number of aromatic nitrogens is 1. The molecule has 1 aliphatic heterocycles. The summed E-state index contributed by atoms with van der Waals surface area (Å²) < 4.78 is 0. The summed E-state index contributed by atoms with van der Waals surface area (Å²) in [5.74, 6) is 0.315. The summed E-state index contributed by atoms with van der Waals surface area (Å²) in [7, 11) is 2.13. The fourth-order valence-electron chi connectivity index (χ4n) is 5.43. The molecule has 0 aromatic carbocycles. The molecule has 2 aromatic heterocycles. The van der Waals surface area contributed by atoms with E-state index in [4.69, 9.17) is 0 Å². The molecule has 5 rings (SSSR count). The fourth-order valence-corrected chi connectivity index (χ4v) is 6.69. The van der Waals surface area contributed by atoms with Crippen LogP contribution in [0.1, 0.15) is 55.4 Å². The van der Waals surface area contributed by atoms with Gasteiger partial charge in [0.2, 0.25) is 5.91 Å². The van der Waals surface area contributed by atoms with Crippen molar-refractivity contribution in [3.05, 3.63) is 22.7 Å². The van der Waals surface area contributed by atoms with Crippen LogP contribution < -0.4 is 5.32 Å². The molecule has 0 bridgehead atoms. The van der Waals surface area contributed by atoms with Crippen LogP contribution in [0.4, 0.5) is 5.69 Å². The highest BCUT2D eigenvalue weighted by Crippen LogP contribution is 2.40. The Morgan fingerprint density at radius 3 is 2.79 bits per heavy atom. The Morgan fingerprint density at radius 1 is 1.21 bits per heavy atom. The number of thiophene rings is 1. The Morgan fingerprint density at radius 2 is 2.00 bits per heavy atom. The van der Waals surface area contributed by atoms with E-state index in [9.17, 15) is 4.79 Å². The lowest BCUT2D eigenvalue weighted by molar-refractivity contribution is -0.131. The van der Waals surface area contributed by atoms with Gasteiger partial charge >= 0.3 is 0 Å². The number of likely N-dealkylation sites (N-methyl/N-ethyl adjacent to an activating group) is 1. The average molecular weight is 413 g/mol. The zero-order valence-electron chi connectivity index (χ0n) is 17.5. The van der Waals surface area contributed by atoms with E-state index >= 15 is 0 Å². The van der Waals surface area contributed by atoms with E-state index in [-0.39, 0.29) is 0 Å². The van der Waals surface area contributed by atoms with Crippen molar-refractivity contribution in [3.8, 4) is 0 Å². The van der Waals surface area contributed by atoms with Gasteiger partial charge in [0.15, 0.2) is 0 Å². The number of anilines is 1. The van der Waals surface area contributed by atoms with Crippen molar-refractivity contribution in [1.82, 2.24) is 14.8 Å². The monoisotopic (exact) mass is 412 g/mol. The van der Waals surface area contributed by atoms with Crippen LogP contribution in [0.2, 0.25) is 0 Å². The van der Waals surface area contributed by atoms with Gasteiger partial charge in [-0.2, -0.15) is 0 Å². The number of nitrogens with one attached hydrogen (secondary N) is 1. The van der Waals surface area contributed by atoms with Gasteiger partial charge in [-0.05, 0) is 76.5 Å². The maximum absolute atomic E-state index is 12.5. The van der Waals surface area contributed by atoms with Crippen molar-refractivity contribution < 1.29 is 4.79 Å². The first-order valence-corrected chi connectivity index (χ1v) is 12.1. The Hall–Kier alpha value is -1.66. The van der Waals surface area contributed by atoms with E-state index in [2.05, 4.69) is 28.3 Å². The number of aryl methyl sites for hydroxylation is 2. The van der Waals surface area contributed by atoms with Gasteiger partial charge in [-0.1, -0.05) is 0 Å². The maximum atomic E-state index is 12.5. The molecule has 2 fully saturated rings. The number of likely N-dealkylation sites (tertiary alicyclic amines) is 1. The Labute approximate surface area is 177 Å². The Kier molecular flexibility index (Phi) is 5.48. The van der Waals surface area contributed by atoms with Gasteiger partial charge in [0.1, 0.15) is 4.83 Å². The molecule has 5 nitrogen and oxygen atoms in total. The minimum atomic E-state index is 0.315. The van der Waals surface area contributed by atoms with E-state index in [0.29, 0.717) is 24.5 Å².